The van der Waals surface area contributed by atoms with E-state index >= 15 is 0 Å². The third-order valence-electron chi connectivity index (χ3n) is 4.45. The summed E-state index contributed by atoms with van der Waals surface area (Å²) in [6, 6.07) is 11.6. The second-order valence-electron chi connectivity index (χ2n) is 6.02. The fourth-order valence-corrected chi connectivity index (χ4v) is 3.70. The molecule has 5 heteroatoms. The quantitative estimate of drug-likeness (QED) is 0.907. The number of carbonyl (C=O) groups is 2. The SMILES string of the molecule is CCc1ccc(CNC(=O)[C@@H]2CCCN2C(=O)c2cccs2)cc1. The van der Waals surface area contributed by atoms with Gasteiger partial charge in [0.05, 0.1) is 4.88 Å². The zero-order valence-electron chi connectivity index (χ0n) is 13.8. The van der Waals surface area contributed by atoms with Crippen LogP contribution in [0.2, 0.25) is 0 Å². The molecule has 3 rings (SSSR count). The van der Waals surface area contributed by atoms with Gasteiger partial charge in [-0.2, -0.15) is 0 Å². The summed E-state index contributed by atoms with van der Waals surface area (Å²) in [6.45, 7) is 3.27. The lowest BCUT2D eigenvalue weighted by molar-refractivity contribution is -0.125. The van der Waals surface area contributed by atoms with Crippen molar-refractivity contribution < 1.29 is 9.59 Å². The number of thiophene rings is 1. The zero-order valence-corrected chi connectivity index (χ0v) is 14.6. The van der Waals surface area contributed by atoms with Crippen molar-refractivity contribution in [1.29, 1.82) is 0 Å². The molecule has 1 saturated heterocycles. The first-order valence-electron chi connectivity index (χ1n) is 8.39. The Kier molecular flexibility index (Phi) is 5.30. The topological polar surface area (TPSA) is 49.4 Å². The molecule has 1 aliphatic rings. The molecule has 24 heavy (non-hydrogen) atoms. The van der Waals surface area contributed by atoms with Gasteiger partial charge in [-0.25, -0.2) is 0 Å². The molecular formula is C19H22N2O2S. The number of likely N-dealkylation sites (tertiary alicyclic amines) is 1. The van der Waals surface area contributed by atoms with Gasteiger partial charge >= 0.3 is 0 Å². The van der Waals surface area contributed by atoms with Gasteiger partial charge in [-0.3, -0.25) is 9.59 Å². The molecule has 126 valence electrons. The molecule has 2 aromatic rings. The summed E-state index contributed by atoms with van der Waals surface area (Å²) in [4.78, 5) is 27.5. The lowest BCUT2D eigenvalue weighted by atomic mass is 10.1. The third kappa shape index (κ3) is 3.67. The minimum atomic E-state index is -0.352. The lowest BCUT2D eigenvalue weighted by Crippen LogP contribution is -2.45. The van der Waals surface area contributed by atoms with E-state index in [-0.39, 0.29) is 17.9 Å². The molecule has 0 saturated carbocycles. The van der Waals surface area contributed by atoms with Crippen LogP contribution in [0.4, 0.5) is 0 Å². The Bertz CT molecular complexity index is 695. The van der Waals surface area contributed by atoms with Crippen molar-refractivity contribution in [3.05, 3.63) is 57.8 Å². The van der Waals surface area contributed by atoms with E-state index in [1.54, 1.807) is 4.90 Å². The van der Waals surface area contributed by atoms with Gasteiger partial charge in [-0.1, -0.05) is 37.3 Å². The van der Waals surface area contributed by atoms with E-state index in [0.717, 1.165) is 24.8 Å². The van der Waals surface area contributed by atoms with E-state index < -0.39 is 0 Å². The van der Waals surface area contributed by atoms with Crippen LogP contribution >= 0.6 is 11.3 Å². The van der Waals surface area contributed by atoms with Crippen molar-refractivity contribution in [1.82, 2.24) is 10.2 Å². The summed E-state index contributed by atoms with van der Waals surface area (Å²) in [7, 11) is 0. The molecule has 4 nitrogen and oxygen atoms in total. The van der Waals surface area contributed by atoms with Crippen molar-refractivity contribution in [2.75, 3.05) is 6.54 Å². The normalized spacial score (nSPS) is 17.0. The van der Waals surface area contributed by atoms with E-state index in [1.165, 1.54) is 16.9 Å². The Labute approximate surface area is 146 Å². The molecule has 1 aromatic carbocycles. The first-order valence-corrected chi connectivity index (χ1v) is 9.27. The van der Waals surface area contributed by atoms with Crippen molar-refractivity contribution >= 4 is 23.2 Å². The Morgan fingerprint density at radius 1 is 1.21 bits per heavy atom. The van der Waals surface area contributed by atoms with Crippen LogP contribution in [0.1, 0.15) is 40.6 Å². The van der Waals surface area contributed by atoms with Crippen molar-refractivity contribution in [3.63, 3.8) is 0 Å². The van der Waals surface area contributed by atoms with Crippen LogP contribution in [0.3, 0.4) is 0 Å². The number of rotatable bonds is 5. The molecule has 0 bridgehead atoms. The molecule has 1 aliphatic heterocycles. The molecule has 0 unspecified atom stereocenters. The van der Waals surface area contributed by atoms with Crippen molar-refractivity contribution in [3.8, 4) is 0 Å². The number of hydrogen-bond acceptors (Lipinski definition) is 3. The van der Waals surface area contributed by atoms with Crippen molar-refractivity contribution in [2.24, 2.45) is 0 Å². The van der Waals surface area contributed by atoms with Crippen LogP contribution in [0.25, 0.3) is 0 Å². The molecule has 0 spiro atoms. The Balaban J connectivity index is 1.60. The van der Waals surface area contributed by atoms with Gasteiger partial charge in [-0.15, -0.1) is 11.3 Å². The summed E-state index contributed by atoms with van der Waals surface area (Å²) in [5.41, 5.74) is 2.36. The maximum absolute atomic E-state index is 12.5. The average molecular weight is 342 g/mol. The number of benzene rings is 1. The highest BCUT2D eigenvalue weighted by Crippen LogP contribution is 2.22. The standard InChI is InChI=1S/C19H22N2O2S/c1-2-14-7-9-15(10-8-14)13-20-18(22)16-5-3-11-21(16)19(23)17-6-4-12-24-17/h4,6-10,12,16H,2-3,5,11,13H2,1H3,(H,20,22)/t16-/m0/s1. The first kappa shape index (κ1) is 16.7. The summed E-state index contributed by atoms with van der Waals surface area (Å²) in [5, 5.41) is 4.87. The van der Waals surface area contributed by atoms with E-state index in [4.69, 9.17) is 0 Å². The number of carbonyl (C=O) groups excluding carboxylic acids is 2. The van der Waals surface area contributed by atoms with E-state index in [0.29, 0.717) is 18.0 Å². The maximum Gasteiger partial charge on any atom is 0.264 e. The van der Waals surface area contributed by atoms with Crippen LogP contribution in [0.5, 0.6) is 0 Å². The fourth-order valence-electron chi connectivity index (χ4n) is 3.02. The molecule has 0 aliphatic carbocycles. The minimum absolute atomic E-state index is 0.0325. The van der Waals surface area contributed by atoms with Crippen LogP contribution in [0.15, 0.2) is 41.8 Å². The summed E-state index contributed by atoms with van der Waals surface area (Å²) < 4.78 is 0. The molecule has 0 radical (unpaired) electrons. The molecule has 1 fully saturated rings. The largest absolute Gasteiger partial charge is 0.350 e. The average Bonchev–Trinajstić information content (AvgIpc) is 3.31. The third-order valence-corrected chi connectivity index (χ3v) is 5.30. The van der Waals surface area contributed by atoms with Crippen molar-refractivity contribution in [2.45, 2.75) is 38.8 Å². The predicted molar refractivity (Wildman–Crippen MR) is 96.0 cm³/mol. The lowest BCUT2D eigenvalue weighted by Gasteiger charge is -2.23. The Morgan fingerprint density at radius 3 is 2.62 bits per heavy atom. The summed E-state index contributed by atoms with van der Waals surface area (Å²) >= 11 is 1.42. The second kappa shape index (κ2) is 7.62. The van der Waals surface area contributed by atoms with E-state index in [9.17, 15) is 9.59 Å². The van der Waals surface area contributed by atoms with Gasteiger partial charge in [0.2, 0.25) is 5.91 Å². The van der Waals surface area contributed by atoms with Crippen LogP contribution in [-0.4, -0.2) is 29.3 Å². The molecular weight excluding hydrogens is 320 g/mol. The van der Waals surface area contributed by atoms with Crippen LogP contribution < -0.4 is 5.32 Å². The zero-order chi connectivity index (χ0) is 16.9. The highest BCUT2D eigenvalue weighted by Gasteiger charge is 2.34. The first-order chi connectivity index (χ1) is 11.7. The van der Waals surface area contributed by atoms with Gasteiger partial charge in [0, 0.05) is 13.1 Å². The number of nitrogens with one attached hydrogen (secondary N) is 1. The molecule has 1 aromatic heterocycles. The smallest absolute Gasteiger partial charge is 0.264 e. The number of nitrogens with zero attached hydrogens (tertiary/aromatic N) is 1. The summed E-state index contributed by atoms with van der Waals surface area (Å²) in [6.07, 6.45) is 2.62. The van der Waals surface area contributed by atoms with Gasteiger partial charge in [0.25, 0.3) is 5.91 Å². The van der Waals surface area contributed by atoms with Crippen LogP contribution in [-0.2, 0) is 17.8 Å². The van der Waals surface area contributed by atoms with Gasteiger partial charge in [-0.05, 0) is 41.8 Å². The predicted octanol–water partition coefficient (Wildman–Crippen LogP) is 3.23. The molecule has 2 heterocycles. The second-order valence-corrected chi connectivity index (χ2v) is 6.97. The van der Waals surface area contributed by atoms with E-state index in [2.05, 4.69) is 24.4 Å². The van der Waals surface area contributed by atoms with Gasteiger partial charge in [0.1, 0.15) is 6.04 Å². The molecule has 1 N–H and O–H groups in total. The molecule has 2 amide bonds. The monoisotopic (exact) mass is 342 g/mol. The fraction of sp³-hybridized carbons (Fsp3) is 0.368. The number of hydrogen-bond donors (Lipinski definition) is 1. The van der Waals surface area contributed by atoms with Gasteiger partial charge < -0.3 is 10.2 Å². The minimum Gasteiger partial charge on any atom is -0.350 e. The Morgan fingerprint density at radius 2 is 1.96 bits per heavy atom. The van der Waals surface area contributed by atoms with Gasteiger partial charge in [0.15, 0.2) is 0 Å². The molecule has 1 atom stereocenters. The Hall–Kier alpha value is -2.14. The highest BCUT2D eigenvalue weighted by atomic mass is 32.1. The highest BCUT2D eigenvalue weighted by molar-refractivity contribution is 7.12. The number of aryl methyl sites for hydroxylation is 1. The maximum atomic E-state index is 12.5. The van der Waals surface area contributed by atoms with E-state index in [1.807, 2.05) is 29.6 Å². The summed E-state index contributed by atoms with van der Waals surface area (Å²) in [5.74, 6) is -0.0908. The van der Waals surface area contributed by atoms with Crippen LogP contribution in [0, 0.1) is 0 Å². The number of amides is 2.